The number of carbonyl (C=O) groups excluding carboxylic acids is 3. The van der Waals surface area contributed by atoms with Gasteiger partial charge in [-0.2, -0.15) is 0 Å². The Morgan fingerprint density at radius 2 is 1.28 bits per heavy atom. The zero-order valence-corrected chi connectivity index (χ0v) is 30.6. The summed E-state index contributed by atoms with van der Waals surface area (Å²) in [4.78, 5) is 41.8. The van der Waals surface area contributed by atoms with E-state index in [9.17, 15) is 14.4 Å². The van der Waals surface area contributed by atoms with Crippen molar-refractivity contribution in [1.29, 1.82) is 0 Å². The SMILES string of the molecule is COc1ccc(OC)c(NC(=O)C(Sc2cccc(NC(=O)/C(=C\c3cc(OC)c(OC)cc3OC)NC(=O)c3ccccc3)c2)c2ccccc2)c1. The Morgan fingerprint density at radius 3 is 1.94 bits per heavy atom. The van der Waals surface area contributed by atoms with Crippen LogP contribution in [0.5, 0.6) is 28.7 Å². The Kier molecular flexibility index (Phi) is 13.0. The van der Waals surface area contributed by atoms with E-state index >= 15 is 0 Å². The molecule has 0 spiro atoms. The summed E-state index contributed by atoms with van der Waals surface area (Å²) in [6, 6.07) is 33.4. The first-order valence-corrected chi connectivity index (χ1v) is 17.2. The fraction of sp³-hybridized carbons (Fsp3) is 0.146. The number of nitrogens with one attached hydrogen (secondary N) is 3. The quantitative estimate of drug-likeness (QED) is 0.0735. The molecule has 11 nitrogen and oxygen atoms in total. The van der Waals surface area contributed by atoms with Gasteiger partial charge in [-0.1, -0.05) is 54.6 Å². The molecule has 0 aliphatic heterocycles. The first-order valence-electron chi connectivity index (χ1n) is 16.3. The van der Waals surface area contributed by atoms with Crippen LogP contribution in [0.4, 0.5) is 11.4 Å². The van der Waals surface area contributed by atoms with E-state index in [0.717, 1.165) is 5.56 Å². The summed E-state index contributed by atoms with van der Waals surface area (Å²) >= 11 is 1.30. The predicted molar refractivity (Wildman–Crippen MR) is 206 cm³/mol. The lowest BCUT2D eigenvalue weighted by molar-refractivity contribution is -0.116. The van der Waals surface area contributed by atoms with Crippen LogP contribution in [0.15, 0.2) is 126 Å². The highest BCUT2D eigenvalue weighted by molar-refractivity contribution is 8.00. The first kappa shape index (κ1) is 37.8. The van der Waals surface area contributed by atoms with Crippen molar-refractivity contribution in [2.24, 2.45) is 0 Å². The second-order valence-corrected chi connectivity index (χ2v) is 12.5. The maximum Gasteiger partial charge on any atom is 0.272 e. The number of ether oxygens (including phenoxy) is 5. The molecule has 0 bridgehead atoms. The van der Waals surface area contributed by atoms with Crippen molar-refractivity contribution in [3.63, 3.8) is 0 Å². The molecular formula is C41H39N3O8S. The minimum absolute atomic E-state index is 0.0591. The van der Waals surface area contributed by atoms with Crippen molar-refractivity contribution in [3.05, 3.63) is 138 Å². The Labute approximate surface area is 312 Å². The highest BCUT2D eigenvalue weighted by Crippen LogP contribution is 2.39. The molecule has 0 saturated carbocycles. The molecule has 0 radical (unpaired) electrons. The van der Waals surface area contributed by atoms with Crippen LogP contribution >= 0.6 is 11.8 Å². The van der Waals surface area contributed by atoms with Crippen LogP contribution in [0.25, 0.3) is 6.08 Å². The van der Waals surface area contributed by atoms with Crippen molar-refractivity contribution < 1.29 is 38.1 Å². The van der Waals surface area contributed by atoms with Gasteiger partial charge in [0.15, 0.2) is 11.5 Å². The van der Waals surface area contributed by atoms with E-state index in [0.29, 0.717) is 56.1 Å². The fourth-order valence-corrected chi connectivity index (χ4v) is 6.34. The number of hydrogen-bond donors (Lipinski definition) is 3. The van der Waals surface area contributed by atoms with Crippen molar-refractivity contribution in [3.8, 4) is 28.7 Å². The number of methoxy groups -OCH3 is 5. The normalized spacial score (nSPS) is 11.5. The zero-order valence-electron chi connectivity index (χ0n) is 29.8. The average Bonchev–Trinajstić information content (AvgIpc) is 3.20. The predicted octanol–water partition coefficient (Wildman–Crippen LogP) is 7.61. The molecule has 0 saturated heterocycles. The topological polar surface area (TPSA) is 133 Å². The Bertz CT molecular complexity index is 2090. The summed E-state index contributed by atoms with van der Waals surface area (Å²) in [6.45, 7) is 0. The summed E-state index contributed by atoms with van der Waals surface area (Å²) in [6.07, 6.45) is 1.50. The number of amides is 3. The minimum atomic E-state index is -0.684. The number of rotatable bonds is 15. The highest BCUT2D eigenvalue weighted by Gasteiger charge is 2.24. The second kappa shape index (κ2) is 18.2. The zero-order chi connectivity index (χ0) is 37.7. The molecule has 272 valence electrons. The largest absolute Gasteiger partial charge is 0.497 e. The lowest BCUT2D eigenvalue weighted by Gasteiger charge is -2.19. The maximum absolute atomic E-state index is 14.0. The Hall–Kier alpha value is -6.40. The molecular weight excluding hydrogens is 695 g/mol. The maximum atomic E-state index is 14.0. The van der Waals surface area contributed by atoms with E-state index in [1.807, 2.05) is 36.4 Å². The molecule has 0 aromatic heterocycles. The van der Waals surface area contributed by atoms with E-state index in [2.05, 4.69) is 16.0 Å². The van der Waals surface area contributed by atoms with Crippen LogP contribution < -0.4 is 39.6 Å². The monoisotopic (exact) mass is 733 g/mol. The fourth-order valence-electron chi connectivity index (χ4n) is 5.26. The number of hydrogen-bond acceptors (Lipinski definition) is 9. The van der Waals surface area contributed by atoms with Gasteiger partial charge in [0.25, 0.3) is 11.8 Å². The Morgan fingerprint density at radius 1 is 0.623 bits per heavy atom. The first-order chi connectivity index (χ1) is 25.8. The van der Waals surface area contributed by atoms with E-state index in [1.165, 1.54) is 46.3 Å². The Balaban J connectivity index is 1.44. The van der Waals surface area contributed by atoms with Gasteiger partial charge in [0, 0.05) is 33.8 Å². The lowest BCUT2D eigenvalue weighted by atomic mass is 10.1. The average molecular weight is 734 g/mol. The molecule has 3 amide bonds. The van der Waals surface area contributed by atoms with E-state index in [-0.39, 0.29) is 11.6 Å². The number of anilines is 2. The summed E-state index contributed by atoms with van der Waals surface area (Å²) in [5.74, 6) is 0.884. The van der Waals surface area contributed by atoms with Gasteiger partial charge in [0.2, 0.25) is 5.91 Å². The summed E-state index contributed by atoms with van der Waals surface area (Å²) in [5.41, 5.74) is 2.42. The van der Waals surface area contributed by atoms with E-state index in [1.54, 1.807) is 86.0 Å². The smallest absolute Gasteiger partial charge is 0.272 e. The van der Waals surface area contributed by atoms with Gasteiger partial charge < -0.3 is 39.6 Å². The van der Waals surface area contributed by atoms with Gasteiger partial charge in [0.05, 0.1) is 41.2 Å². The number of benzene rings is 5. The van der Waals surface area contributed by atoms with Gasteiger partial charge in [-0.3, -0.25) is 14.4 Å². The third kappa shape index (κ3) is 9.69. The molecule has 5 aromatic rings. The van der Waals surface area contributed by atoms with Gasteiger partial charge in [0.1, 0.15) is 28.2 Å². The second-order valence-electron chi connectivity index (χ2n) is 11.3. The molecule has 12 heteroatoms. The third-order valence-electron chi connectivity index (χ3n) is 7.92. The third-order valence-corrected chi connectivity index (χ3v) is 9.16. The summed E-state index contributed by atoms with van der Waals surface area (Å²) in [5, 5.41) is 7.95. The molecule has 5 rings (SSSR count). The summed E-state index contributed by atoms with van der Waals surface area (Å²) < 4.78 is 27.3. The van der Waals surface area contributed by atoms with Crippen LogP contribution in [0.3, 0.4) is 0 Å². The van der Waals surface area contributed by atoms with Crippen molar-refractivity contribution in [2.45, 2.75) is 10.1 Å². The van der Waals surface area contributed by atoms with Gasteiger partial charge in [-0.15, -0.1) is 11.8 Å². The molecule has 1 unspecified atom stereocenters. The van der Waals surface area contributed by atoms with Crippen molar-refractivity contribution in [2.75, 3.05) is 46.2 Å². The molecule has 0 fully saturated rings. The van der Waals surface area contributed by atoms with Crippen molar-refractivity contribution in [1.82, 2.24) is 5.32 Å². The van der Waals surface area contributed by atoms with Crippen LogP contribution in [-0.4, -0.2) is 53.3 Å². The van der Waals surface area contributed by atoms with Crippen LogP contribution in [0, 0.1) is 0 Å². The van der Waals surface area contributed by atoms with E-state index in [4.69, 9.17) is 23.7 Å². The highest BCUT2D eigenvalue weighted by atomic mass is 32.2. The van der Waals surface area contributed by atoms with Gasteiger partial charge >= 0.3 is 0 Å². The van der Waals surface area contributed by atoms with Gasteiger partial charge in [-0.25, -0.2) is 0 Å². The van der Waals surface area contributed by atoms with Crippen LogP contribution in [-0.2, 0) is 9.59 Å². The molecule has 0 aliphatic carbocycles. The van der Waals surface area contributed by atoms with Crippen molar-refractivity contribution >= 4 is 46.9 Å². The van der Waals surface area contributed by atoms with Gasteiger partial charge in [-0.05, 0) is 60.2 Å². The molecule has 5 aromatic carbocycles. The molecule has 0 aliphatic rings. The minimum Gasteiger partial charge on any atom is -0.497 e. The van der Waals surface area contributed by atoms with Crippen LogP contribution in [0.2, 0.25) is 0 Å². The summed E-state index contributed by atoms with van der Waals surface area (Å²) in [7, 11) is 7.56. The standard InChI is InChI=1S/C41H39N3O8S/c1-48-30-19-20-34(49-2)32(24-30)43-41(47)38(26-13-8-6-9-14-26)53-31-18-12-17-29(23-31)42-40(46)33(44-39(45)27-15-10-7-11-16-27)21-28-22-36(51-4)37(52-5)25-35(28)50-3/h6-25,38H,1-5H3,(H,42,46)(H,43,47)(H,44,45)/b33-21+. The molecule has 3 N–H and O–H groups in total. The van der Waals surface area contributed by atoms with Crippen LogP contribution in [0.1, 0.15) is 26.7 Å². The molecule has 53 heavy (non-hydrogen) atoms. The lowest BCUT2D eigenvalue weighted by Crippen LogP contribution is -2.30. The number of thioether (sulfide) groups is 1. The molecule has 0 heterocycles. The van der Waals surface area contributed by atoms with E-state index < -0.39 is 17.1 Å². The molecule has 1 atom stereocenters. The number of carbonyl (C=O) groups is 3.